The molecule has 0 atom stereocenters. The SMILES string of the molecule is O=[N+]([O-])c1ccc(Oc2cccc(/C=N/Nc3nc(N4CCCCC4)nc(N4CCCCC4)n3)c2)c([N+](=O)[O-])c1. The lowest BCUT2D eigenvalue weighted by atomic mass is 10.1. The van der Waals surface area contributed by atoms with Gasteiger partial charge in [0.05, 0.1) is 22.1 Å². The first-order valence-corrected chi connectivity index (χ1v) is 13.2. The van der Waals surface area contributed by atoms with Crippen molar-refractivity contribution in [3.05, 3.63) is 68.3 Å². The molecule has 0 aliphatic carbocycles. The minimum absolute atomic E-state index is 0.108. The highest BCUT2D eigenvalue weighted by atomic mass is 16.6. The molecule has 0 amide bonds. The first kappa shape index (κ1) is 26.7. The molecule has 5 rings (SSSR count). The molecule has 14 heteroatoms. The average molecular weight is 548 g/mol. The number of nitrogens with one attached hydrogen (secondary N) is 1. The maximum absolute atomic E-state index is 11.4. The van der Waals surface area contributed by atoms with Gasteiger partial charge in [-0.15, -0.1) is 0 Å². The number of nitro groups is 2. The summed E-state index contributed by atoms with van der Waals surface area (Å²) in [6, 6.07) is 9.99. The maximum Gasteiger partial charge on any atom is 0.318 e. The van der Waals surface area contributed by atoms with Crippen LogP contribution in [0.2, 0.25) is 0 Å². The Hall–Kier alpha value is -4.88. The summed E-state index contributed by atoms with van der Waals surface area (Å²) in [7, 11) is 0. The van der Waals surface area contributed by atoms with Crippen molar-refractivity contribution in [2.45, 2.75) is 38.5 Å². The molecule has 2 aliphatic rings. The predicted octanol–water partition coefficient (Wildman–Crippen LogP) is 4.91. The first-order chi connectivity index (χ1) is 19.5. The summed E-state index contributed by atoms with van der Waals surface area (Å²) in [6.45, 7) is 3.63. The second-order valence-electron chi connectivity index (χ2n) is 9.57. The number of hydrogen-bond acceptors (Lipinski definition) is 12. The van der Waals surface area contributed by atoms with Crippen LogP contribution in [0, 0.1) is 20.2 Å². The number of hydrazone groups is 1. The summed E-state index contributed by atoms with van der Waals surface area (Å²) in [4.78, 5) is 39.4. The van der Waals surface area contributed by atoms with E-state index in [0.717, 1.165) is 64.0 Å². The zero-order valence-electron chi connectivity index (χ0n) is 21.8. The average Bonchev–Trinajstić information content (AvgIpc) is 2.98. The molecule has 1 aromatic heterocycles. The molecule has 0 bridgehead atoms. The van der Waals surface area contributed by atoms with Gasteiger partial charge in [-0.1, -0.05) is 12.1 Å². The Kier molecular flexibility index (Phi) is 8.23. The van der Waals surface area contributed by atoms with E-state index in [1.165, 1.54) is 18.9 Å². The van der Waals surface area contributed by atoms with Crippen molar-refractivity contribution in [2.24, 2.45) is 5.10 Å². The van der Waals surface area contributed by atoms with Gasteiger partial charge in [-0.3, -0.25) is 20.2 Å². The molecular formula is C26H29N9O5. The van der Waals surface area contributed by atoms with E-state index in [1.807, 2.05) is 0 Å². The lowest BCUT2D eigenvalue weighted by Crippen LogP contribution is -2.34. The van der Waals surface area contributed by atoms with Gasteiger partial charge < -0.3 is 14.5 Å². The Labute approximate surface area is 230 Å². The van der Waals surface area contributed by atoms with Crippen LogP contribution in [-0.4, -0.2) is 57.2 Å². The van der Waals surface area contributed by atoms with E-state index in [-0.39, 0.29) is 5.75 Å². The fraction of sp³-hybridized carbons (Fsp3) is 0.385. The first-order valence-electron chi connectivity index (χ1n) is 13.2. The molecular weight excluding hydrogens is 518 g/mol. The van der Waals surface area contributed by atoms with Crippen LogP contribution in [0.15, 0.2) is 47.6 Å². The second kappa shape index (κ2) is 12.3. The monoisotopic (exact) mass is 547 g/mol. The largest absolute Gasteiger partial charge is 0.450 e. The van der Waals surface area contributed by atoms with E-state index in [1.54, 1.807) is 30.5 Å². The Morgan fingerprint density at radius 1 is 0.825 bits per heavy atom. The lowest BCUT2D eigenvalue weighted by molar-refractivity contribution is -0.394. The smallest absolute Gasteiger partial charge is 0.318 e. The van der Waals surface area contributed by atoms with Crippen molar-refractivity contribution >= 4 is 35.4 Å². The summed E-state index contributed by atoms with van der Waals surface area (Å²) in [5, 5.41) is 26.7. The van der Waals surface area contributed by atoms with Gasteiger partial charge in [0.15, 0.2) is 0 Å². The summed E-state index contributed by atoms with van der Waals surface area (Å²) in [5.41, 5.74) is 2.68. The van der Waals surface area contributed by atoms with Crippen LogP contribution in [-0.2, 0) is 0 Å². The van der Waals surface area contributed by atoms with Crippen molar-refractivity contribution in [1.82, 2.24) is 15.0 Å². The van der Waals surface area contributed by atoms with Gasteiger partial charge >= 0.3 is 5.69 Å². The van der Waals surface area contributed by atoms with Gasteiger partial charge in [-0.2, -0.15) is 20.1 Å². The Balaban J connectivity index is 1.32. The van der Waals surface area contributed by atoms with Crippen molar-refractivity contribution < 1.29 is 14.6 Å². The molecule has 208 valence electrons. The lowest BCUT2D eigenvalue weighted by Gasteiger charge is -2.30. The number of non-ortho nitro benzene ring substituents is 1. The zero-order valence-corrected chi connectivity index (χ0v) is 21.8. The molecule has 2 aliphatic heterocycles. The summed E-state index contributed by atoms with van der Waals surface area (Å²) in [6.07, 6.45) is 8.38. The van der Waals surface area contributed by atoms with Crippen LogP contribution in [0.25, 0.3) is 0 Å². The van der Waals surface area contributed by atoms with Gasteiger partial charge in [-0.05, 0) is 62.3 Å². The van der Waals surface area contributed by atoms with Crippen LogP contribution in [0.3, 0.4) is 0 Å². The van der Waals surface area contributed by atoms with E-state index in [9.17, 15) is 20.2 Å². The number of anilines is 3. The second-order valence-corrected chi connectivity index (χ2v) is 9.57. The van der Waals surface area contributed by atoms with Gasteiger partial charge in [0.1, 0.15) is 5.75 Å². The third-order valence-electron chi connectivity index (χ3n) is 6.70. The topological polar surface area (TPSA) is 165 Å². The molecule has 3 aromatic rings. The molecule has 2 aromatic carbocycles. The number of nitro benzene ring substituents is 2. The molecule has 40 heavy (non-hydrogen) atoms. The number of piperidine rings is 2. The molecule has 0 radical (unpaired) electrons. The van der Waals surface area contributed by atoms with Gasteiger partial charge in [0, 0.05) is 32.2 Å². The van der Waals surface area contributed by atoms with Gasteiger partial charge in [0.25, 0.3) is 5.69 Å². The van der Waals surface area contributed by atoms with E-state index in [4.69, 9.17) is 9.72 Å². The van der Waals surface area contributed by atoms with Crippen LogP contribution < -0.4 is 20.0 Å². The number of nitrogens with zero attached hydrogens (tertiary/aromatic N) is 8. The minimum atomic E-state index is -0.720. The standard InChI is InChI=1S/C26H29N9O5/c36-34(37)20-10-11-23(22(17-20)35(38)39)40-21-9-7-8-19(16-21)18-27-31-24-28-25(32-12-3-1-4-13-32)30-26(29-24)33-14-5-2-6-15-33/h7-11,16-18H,1-6,12-15H2,(H,28,29,30,31)/b27-18+. The van der Waals surface area contributed by atoms with Crippen molar-refractivity contribution in [3.8, 4) is 11.5 Å². The molecule has 0 saturated carbocycles. The fourth-order valence-corrected chi connectivity index (χ4v) is 4.67. The Morgan fingerprint density at radius 2 is 1.48 bits per heavy atom. The van der Waals surface area contributed by atoms with Crippen LogP contribution >= 0.6 is 0 Å². The van der Waals surface area contributed by atoms with Crippen LogP contribution in [0.4, 0.5) is 29.2 Å². The molecule has 3 heterocycles. The Morgan fingerprint density at radius 3 is 2.08 bits per heavy atom. The number of hydrogen-bond donors (Lipinski definition) is 1. The normalized spacial score (nSPS) is 15.7. The molecule has 14 nitrogen and oxygen atoms in total. The molecule has 1 N–H and O–H groups in total. The van der Waals surface area contributed by atoms with E-state index in [2.05, 4.69) is 30.3 Å². The highest BCUT2D eigenvalue weighted by Crippen LogP contribution is 2.34. The quantitative estimate of drug-likeness (QED) is 0.220. The van der Waals surface area contributed by atoms with Crippen molar-refractivity contribution in [1.29, 1.82) is 0 Å². The summed E-state index contributed by atoms with van der Waals surface area (Å²) in [5.74, 6) is 1.84. The van der Waals surface area contributed by atoms with E-state index < -0.39 is 21.2 Å². The van der Waals surface area contributed by atoms with Gasteiger partial charge in [-0.25, -0.2) is 5.43 Å². The predicted molar refractivity (Wildman–Crippen MR) is 149 cm³/mol. The van der Waals surface area contributed by atoms with E-state index >= 15 is 0 Å². The van der Waals surface area contributed by atoms with E-state index in [0.29, 0.717) is 29.2 Å². The highest BCUT2D eigenvalue weighted by Gasteiger charge is 2.22. The molecule has 2 saturated heterocycles. The summed E-state index contributed by atoms with van der Waals surface area (Å²) >= 11 is 0. The van der Waals surface area contributed by atoms with Crippen LogP contribution in [0.5, 0.6) is 11.5 Å². The minimum Gasteiger partial charge on any atom is -0.450 e. The third kappa shape index (κ3) is 6.57. The summed E-state index contributed by atoms with van der Waals surface area (Å²) < 4.78 is 5.69. The highest BCUT2D eigenvalue weighted by molar-refractivity contribution is 5.80. The number of ether oxygens (including phenoxy) is 1. The fourth-order valence-electron chi connectivity index (χ4n) is 4.67. The molecule has 2 fully saturated rings. The van der Waals surface area contributed by atoms with Crippen LogP contribution in [0.1, 0.15) is 44.1 Å². The number of aromatic nitrogens is 3. The number of rotatable bonds is 9. The Bertz CT molecular complexity index is 1370. The van der Waals surface area contributed by atoms with Crippen molar-refractivity contribution in [3.63, 3.8) is 0 Å². The zero-order chi connectivity index (χ0) is 27.9. The van der Waals surface area contributed by atoms with Crippen molar-refractivity contribution in [2.75, 3.05) is 41.4 Å². The molecule has 0 spiro atoms. The maximum atomic E-state index is 11.4. The third-order valence-corrected chi connectivity index (χ3v) is 6.70. The van der Waals surface area contributed by atoms with Gasteiger partial charge in [0.2, 0.25) is 23.6 Å². The number of benzene rings is 2. The molecule has 0 unspecified atom stereocenters.